The van der Waals surface area contributed by atoms with Crippen molar-refractivity contribution < 1.29 is 0 Å². The molecule has 0 heterocycles. The largest absolute Gasteiger partial charge is 0.0683 e. The Kier molecular flexibility index (Phi) is 11.0. The maximum Gasteiger partial charge on any atom is -0.0331 e. The van der Waals surface area contributed by atoms with Crippen LogP contribution in [0.1, 0.15) is 73.6 Å². The predicted octanol–water partition coefficient (Wildman–Crippen LogP) is 5.03. The van der Waals surface area contributed by atoms with Gasteiger partial charge in [-0.05, 0) is 11.8 Å². The SMILES string of the molecule is CC.CCCCC(C)(CC)CC. The zero-order valence-corrected chi connectivity index (χ0v) is 10.0. The van der Waals surface area contributed by atoms with Gasteiger partial charge in [-0.15, -0.1) is 0 Å². The minimum atomic E-state index is 0.635. The summed E-state index contributed by atoms with van der Waals surface area (Å²) in [6.07, 6.45) is 6.83. The summed E-state index contributed by atoms with van der Waals surface area (Å²) in [7, 11) is 0. The van der Waals surface area contributed by atoms with Crippen molar-refractivity contribution in [2.75, 3.05) is 0 Å². The molecule has 0 radical (unpaired) electrons. The molecule has 0 rings (SSSR count). The van der Waals surface area contributed by atoms with Gasteiger partial charge in [0.15, 0.2) is 0 Å². The van der Waals surface area contributed by atoms with E-state index in [1.165, 1.54) is 32.1 Å². The molecule has 0 aliphatic carbocycles. The van der Waals surface area contributed by atoms with Crippen LogP contribution in [-0.4, -0.2) is 0 Å². The van der Waals surface area contributed by atoms with Crippen molar-refractivity contribution >= 4 is 0 Å². The lowest BCUT2D eigenvalue weighted by atomic mass is 9.80. The van der Waals surface area contributed by atoms with Crippen LogP contribution in [0.3, 0.4) is 0 Å². The van der Waals surface area contributed by atoms with E-state index in [1.807, 2.05) is 13.8 Å². The molecular formula is C12H28. The van der Waals surface area contributed by atoms with E-state index in [1.54, 1.807) is 0 Å². The van der Waals surface area contributed by atoms with Crippen molar-refractivity contribution in [3.63, 3.8) is 0 Å². The van der Waals surface area contributed by atoms with Gasteiger partial charge < -0.3 is 0 Å². The van der Waals surface area contributed by atoms with E-state index in [0.29, 0.717) is 5.41 Å². The zero-order valence-electron chi connectivity index (χ0n) is 10.0. The highest BCUT2D eigenvalue weighted by molar-refractivity contribution is 4.69. The van der Waals surface area contributed by atoms with Gasteiger partial charge in [-0.2, -0.15) is 0 Å². The fourth-order valence-corrected chi connectivity index (χ4v) is 1.21. The fraction of sp³-hybridized carbons (Fsp3) is 1.00. The highest BCUT2D eigenvalue weighted by Gasteiger charge is 2.17. The Morgan fingerprint density at radius 2 is 1.33 bits per heavy atom. The normalized spacial score (nSPS) is 10.5. The predicted molar refractivity (Wildman–Crippen MR) is 59.6 cm³/mol. The van der Waals surface area contributed by atoms with Crippen LogP contribution in [0.5, 0.6) is 0 Å². The Morgan fingerprint density at radius 1 is 0.917 bits per heavy atom. The van der Waals surface area contributed by atoms with Gasteiger partial charge in [0.2, 0.25) is 0 Å². The van der Waals surface area contributed by atoms with Crippen molar-refractivity contribution in [3.8, 4) is 0 Å². The van der Waals surface area contributed by atoms with Crippen molar-refractivity contribution in [1.82, 2.24) is 0 Å². The standard InChI is InChI=1S/C10H22.C2H6/c1-5-8-9-10(4,6-2)7-3;1-2/h5-9H2,1-4H3;1-2H3. The molecule has 0 aromatic carbocycles. The van der Waals surface area contributed by atoms with E-state index < -0.39 is 0 Å². The minimum absolute atomic E-state index is 0.635. The molecule has 0 atom stereocenters. The van der Waals surface area contributed by atoms with Crippen LogP contribution < -0.4 is 0 Å². The van der Waals surface area contributed by atoms with Crippen molar-refractivity contribution in [2.24, 2.45) is 5.41 Å². The molecule has 0 aromatic heterocycles. The quantitative estimate of drug-likeness (QED) is 0.545. The van der Waals surface area contributed by atoms with Gasteiger partial charge in [-0.1, -0.05) is 67.2 Å². The molecular weight excluding hydrogens is 144 g/mol. The van der Waals surface area contributed by atoms with Gasteiger partial charge in [0.1, 0.15) is 0 Å². The third kappa shape index (κ3) is 6.69. The summed E-state index contributed by atoms with van der Waals surface area (Å²) in [5.74, 6) is 0. The Morgan fingerprint density at radius 3 is 1.58 bits per heavy atom. The van der Waals surface area contributed by atoms with Crippen LogP contribution in [0.25, 0.3) is 0 Å². The van der Waals surface area contributed by atoms with Crippen LogP contribution >= 0.6 is 0 Å². The molecule has 0 saturated carbocycles. The van der Waals surface area contributed by atoms with Gasteiger partial charge >= 0.3 is 0 Å². The smallest absolute Gasteiger partial charge is 0.0331 e. The second kappa shape index (κ2) is 9.09. The summed E-state index contributed by atoms with van der Waals surface area (Å²) in [5.41, 5.74) is 0.635. The molecule has 0 amide bonds. The van der Waals surface area contributed by atoms with Crippen molar-refractivity contribution in [2.45, 2.75) is 73.6 Å². The molecule has 0 unspecified atom stereocenters. The third-order valence-corrected chi connectivity index (χ3v) is 2.84. The molecule has 0 aliphatic heterocycles. The molecule has 0 spiro atoms. The Balaban J connectivity index is 0. The van der Waals surface area contributed by atoms with Gasteiger partial charge in [0.05, 0.1) is 0 Å². The van der Waals surface area contributed by atoms with E-state index in [2.05, 4.69) is 27.7 Å². The van der Waals surface area contributed by atoms with Crippen LogP contribution in [0.15, 0.2) is 0 Å². The lowest BCUT2D eigenvalue weighted by Crippen LogP contribution is -2.12. The maximum atomic E-state index is 2.41. The highest BCUT2D eigenvalue weighted by Crippen LogP contribution is 2.31. The van der Waals surface area contributed by atoms with Crippen molar-refractivity contribution in [3.05, 3.63) is 0 Å². The average Bonchev–Trinajstić information content (AvgIpc) is 2.17. The number of hydrogen-bond acceptors (Lipinski definition) is 0. The van der Waals surface area contributed by atoms with E-state index in [0.717, 1.165) is 0 Å². The molecule has 12 heavy (non-hydrogen) atoms. The molecule has 0 heteroatoms. The van der Waals surface area contributed by atoms with Crippen molar-refractivity contribution in [1.29, 1.82) is 0 Å². The second-order valence-corrected chi connectivity index (χ2v) is 3.62. The van der Waals surface area contributed by atoms with E-state index >= 15 is 0 Å². The summed E-state index contributed by atoms with van der Waals surface area (Å²) in [6.45, 7) is 13.3. The fourth-order valence-electron chi connectivity index (χ4n) is 1.21. The van der Waals surface area contributed by atoms with Crippen LogP contribution in [0.2, 0.25) is 0 Å². The lowest BCUT2D eigenvalue weighted by Gasteiger charge is -2.26. The van der Waals surface area contributed by atoms with Crippen LogP contribution in [0.4, 0.5) is 0 Å². The van der Waals surface area contributed by atoms with Gasteiger partial charge in [-0.3, -0.25) is 0 Å². The number of unbranched alkanes of at least 4 members (excludes halogenated alkanes) is 1. The number of rotatable bonds is 5. The monoisotopic (exact) mass is 172 g/mol. The summed E-state index contributed by atoms with van der Waals surface area (Å²) < 4.78 is 0. The van der Waals surface area contributed by atoms with Crippen LogP contribution in [-0.2, 0) is 0 Å². The molecule has 0 N–H and O–H groups in total. The molecule has 76 valence electrons. The van der Waals surface area contributed by atoms with Crippen LogP contribution in [0, 0.1) is 5.41 Å². The first-order valence-corrected chi connectivity index (χ1v) is 5.68. The summed E-state index contributed by atoms with van der Waals surface area (Å²) in [4.78, 5) is 0. The lowest BCUT2D eigenvalue weighted by molar-refractivity contribution is 0.265. The Hall–Kier alpha value is 0. The molecule has 0 bridgehead atoms. The Labute approximate surface area is 79.8 Å². The Bertz CT molecular complexity index is 70.1. The topological polar surface area (TPSA) is 0 Å². The summed E-state index contributed by atoms with van der Waals surface area (Å²) >= 11 is 0. The van der Waals surface area contributed by atoms with Gasteiger partial charge in [0, 0.05) is 0 Å². The molecule has 0 aromatic rings. The van der Waals surface area contributed by atoms with E-state index in [9.17, 15) is 0 Å². The molecule has 0 aliphatic rings. The van der Waals surface area contributed by atoms with Gasteiger partial charge in [-0.25, -0.2) is 0 Å². The average molecular weight is 172 g/mol. The summed E-state index contributed by atoms with van der Waals surface area (Å²) in [6, 6.07) is 0. The maximum absolute atomic E-state index is 2.41. The van der Waals surface area contributed by atoms with E-state index in [-0.39, 0.29) is 0 Å². The first-order chi connectivity index (χ1) is 5.68. The third-order valence-electron chi connectivity index (χ3n) is 2.84. The minimum Gasteiger partial charge on any atom is -0.0683 e. The molecule has 0 saturated heterocycles. The first kappa shape index (κ1) is 14.5. The number of hydrogen-bond donors (Lipinski definition) is 0. The van der Waals surface area contributed by atoms with E-state index in [4.69, 9.17) is 0 Å². The second-order valence-electron chi connectivity index (χ2n) is 3.62. The highest BCUT2D eigenvalue weighted by atomic mass is 14.2. The first-order valence-electron chi connectivity index (χ1n) is 5.68. The van der Waals surface area contributed by atoms with Gasteiger partial charge in [0.25, 0.3) is 0 Å². The molecule has 0 nitrogen and oxygen atoms in total. The molecule has 0 fully saturated rings. The summed E-state index contributed by atoms with van der Waals surface area (Å²) in [5, 5.41) is 0. The zero-order chi connectivity index (χ0) is 10.0.